The van der Waals surface area contributed by atoms with Crippen molar-refractivity contribution < 1.29 is 9.53 Å². The van der Waals surface area contributed by atoms with E-state index in [2.05, 4.69) is 10.3 Å². The quantitative estimate of drug-likeness (QED) is 0.617. The van der Waals surface area contributed by atoms with Gasteiger partial charge in [0.1, 0.15) is 12.4 Å². The molecule has 144 valence electrons. The van der Waals surface area contributed by atoms with E-state index in [4.69, 9.17) is 4.74 Å². The van der Waals surface area contributed by atoms with Crippen molar-refractivity contribution in [3.8, 4) is 5.75 Å². The second kappa shape index (κ2) is 9.14. The molecule has 0 radical (unpaired) electrons. The molecule has 3 aromatic rings. The largest absolute Gasteiger partial charge is 0.487 e. The van der Waals surface area contributed by atoms with Crippen molar-refractivity contribution in [1.29, 1.82) is 0 Å². The molecule has 0 spiro atoms. The summed E-state index contributed by atoms with van der Waals surface area (Å²) in [7, 11) is 0. The van der Waals surface area contributed by atoms with Gasteiger partial charge < -0.3 is 14.6 Å². The van der Waals surface area contributed by atoms with Crippen molar-refractivity contribution in [2.75, 3.05) is 5.32 Å². The molecular weight excluding hydrogens is 374 g/mol. The Morgan fingerprint density at radius 1 is 1.32 bits per heavy atom. The molecule has 1 N–H and O–H groups in total. The van der Waals surface area contributed by atoms with Crippen LogP contribution in [0.25, 0.3) is 6.08 Å². The van der Waals surface area contributed by atoms with E-state index in [0.29, 0.717) is 24.6 Å². The standard InChI is InChI=1S/C21H21N3O3S/c1-3-24-12-17(8-10-21(24)26)23-20(25)9-7-16-5-4-6-19(11-16)27-13-18-14-28-15(2)22-18/h4-12,14H,3,13H2,1-2H3,(H,23,25)/b9-7+. The molecule has 1 aromatic carbocycles. The van der Waals surface area contributed by atoms with Crippen molar-refractivity contribution in [3.63, 3.8) is 0 Å². The fourth-order valence-corrected chi connectivity index (χ4v) is 3.15. The van der Waals surface area contributed by atoms with Crippen molar-refractivity contribution in [1.82, 2.24) is 9.55 Å². The van der Waals surface area contributed by atoms with Gasteiger partial charge in [-0.25, -0.2) is 4.98 Å². The zero-order valence-electron chi connectivity index (χ0n) is 15.7. The minimum Gasteiger partial charge on any atom is -0.487 e. The van der Waals surface area contributed by atoms with E-state index in [1.165, 1.54) is 16.7 Å². The SMILES string of the molecule is CCn1cc(NC(=O)/C=C/c2cccc(OCc3csc(C)n3)c2)ccc1=O. The summed E-state index contributed by atoms with van der Waals surface area (Å²) in [5.74, 6) is 0.439. The smallest absolute Gasteiger partial charge is 0.250 e. The number of hydrogen-bond acceptors (Lipinski definition) is 5. The zero-order chi connectivity index (χ0) is 19.9. The van der Waals surface area contributed by atoms with Gasteiger partial charge in [-0.05, 0) is 43.7 Å². The number of anilines is 1. The topological polar surface area (TPSA) is 73.2 Å². The number of thiazole rings is 1. The van der Waals surface area contributed by atoms with Crippen LogP contribution in [0.4, 0.5) is 5.69 Å². The average Bonchev–Trinajstić information content (AvgIpc) is 3.12. The first-order valence-electron chi connectivity index (χ1n) is 8.87. The maximum atomic E-state index is 12.1. The van der Waals surface area contributed by atoms with Crippen LogP contribution in [0.1, 0.15) is 23.2 Å². The van der Waals surface area contributed by atoms with Gasteiger partial charge in [0.2, 0.25) is 5.91 Å². The molecule has 6 nitrogen and oxygen atoms in total. The van der Waals surface area contributed by atoms with E-state index in [1.54, 1.807) is 29.7 Å². The fraction of sp³-hybridized carbons (Fsp3) is 0.190. The van der Waals surface area contributed by atoms with Gasteiger partial charge in [-0.3, -0.25) is 9.59 Å². The third kappa shape index (κ3) is 5.40. The van der Waals surface area contributed by atoms with Gasteiger partial charge >= 0.3 is 0 Å². The van der Waals surface area contributed by atoms with Crippen LogP contribution in [0.15, 0.2) is 58.8 Å². The minimum atomic E-state index is -0.273. The highest BCUT2D eigenvalue weighted by molar-refractivity contribution is 7.09. The number of amides is 1. The summed E-state index contributed by atoms with van der Waals surface area (Å²) in [5.41, 5.74) is 2.23. The normalized spacial score (nSPS) is 10.9. The monoisotopic (exact) mass is 395 g/mol. The number of aryl methyl sites for hydroxylation is 2. The Balaban J connectivity index is 1.60. The summed E-state index contributed by atoms with van der Waals surface area (Å²) in [5, 5.41) is 5.74. The van der Waals surface area contributed by atoms with Gasteiger partial charge in [-0.2, -0.15) is 0 Å². The molecule has 0 bridgehead atoms. The molecule has 0 aliphatic heterocycles. The molecule has 2 aromatic heterocycles. The second-order valence-electron chi connectivity index (χ2n) is 6.08. The third-order valence-corrected chi connectivity index (χ3v) is 4.75. The highest BCUT2D eigenvalue weighted by Crippen LogP contribution is 2.17. The van der Waals surface area contributed by atoms with Crippen molar-refractivity contribution in [3.05, 3.63) is 80.7 Å². The lowest BCUT2D eigenvalue weighted by molar-refractivity contribution is -0.111. The van der Waals surface area contributed by atoms with Crippen LogP contribution in [0, 0.1) is 6.92 Å². The molecule has 28 heavy (non-hydrogen) atoms. The number of benzene rings is 1. The molecule has 0 fully saturated rings. The summed E-state index contributed by atoms with van der Waals surface area (Å²) < 4.78 is 7.29. The molecule has 1 amide bonds. The zero-order valence-corrected chi connectivity index (χ0v) is 16.5. The Hall–Kier alpha value is -3.19. The first kappa shape index (κ1) is 19.6. The molecule has 0 aliphatic carbocycles. The van der Waals surface area contributed by atoms with Crippen molar-refractivity contribution in [2.45, 2.75) is 27.0 Å². The Bertz CT molecular complexity index is 1050. The number of aromatic nitrogens is 2. The van der Waals surface area contributed by atoms with Crippen LogP contribution in [0.3, 0.4) is 0 Å². The number of pyridine rings is 1. The number of hydrogen-bond donors (Lipinski definition) is 1. The lowest BCUT2D eigenvalue weighted by atomic mass is 10.2. The average molecular weight is 395 g/mol. The molecule has 0 atom stereocenters. The van der Waals surface area contributed by atoms with E-state index in [9.17, 15) is 9.59 Å². The highest BCUT2D eigenvalue weighted by Gasteiger charge is 2.02. The Labute approximate surface area is 167 Å². The second-order valence-corrected chi connectivity index (χ2v) is 7.15. The first-order chi connectivity index (χ1) is 13.5. The summed E-state index contributed by atoms with van der Waals surface area (Å²) >= 11 is 1.59. The third-order valence-electron chi connectivity index (χ3n) is 3.93. The maximum absolute atomic E-state index is 12.1. The fourth-order valence-electron chi connectivity index (χ4n) is 2.55. The van der Waals surface area contributed by atoms with Gasteiger partial charge in [0.15, 0.2) is 0 Å². The first-order valence-corrected chi connectivity index (χ1v) is 9.75. The number of carbonyl (C=O) groups excluding carboxylic acids is 1. The summed E-state index contributed by atoms with van der Waals surface area (Å²) in [4.78, 5) is 28.1. The van der Waals surface area contributed by atoms with Crippen LogP contribution in [0.5, 0.6) is 5.75 Å². The van der Waals surface area contributed by atoms with E-state index < -0.39 is 0 Å². The molecular formula is C21H21N3O3S. The van der Waals surface area contributed by atoms with Crippen LogP contribution in [-0.4, -0.2) is 15.5 Å². The van der Waals surface area contributed by atoms with E-state index in [-0.39, 0.29) is 11.5 Å². The van der Waals surface area contributed by atoms with Gasteiger partial charge in [0.05, 0.1) is 16.4 Å². The molecule has 0 saturated heterocycles. The van der Waals surface area contributed by atoms with Crippen molar-refractivity contribution >= 4 is 29.0 Å². The Kier molecular flexibility index (Phi) is 6.39. The minimum absolute atomic E-state index is 0.0966. The van der Waals surface area contributed by atoms with Gasteiger partial charge in [0, 0.05) is 30.3 Å². The molecule has 0 saturated carbocycles. The van der Waals surface area contributed by atoms with Crippen LogP contribution >= 0.6 is 11.3 Å². The molecule has 0 aliphatic rings. The number of carbonyl (C=O) groups is 1. The van der Waals surface area contributed by atoms with Crippen LogP contribution in [-0.2, 0) is 17.9 Å². The number of rotatable bonds is 7. The van der Waals surface area contributed by atoms with Crippen LogP contribution < -0.4 is 15.6 Å². The number of ether oxygens (including phenoxy) is 1. The van der Waals surface area contributed by atoms with E-state index in [1.807, 2.05) is 43.5 Å². The highest BCUT2D eigenvalue weighted by atomic mass is 32.1. The molecule has 2 heterocycles. The summed E-state index contributed by atoms with van der Waals surface area (Å²) in [6.45, 7) is 4.79. The van der Waals surface area contributed by atoms with E-state index in [0.717, 1.165) is 16.3 Å². The van der Waals surface area contributed by atoms with Gasteiger partial charge in [0.25, 0.3) is 5.56 Å². The number of nitrogens with one attached hydrogen (secondary N) is 1. The molecule has 0 unspecified atom stereocenters. The van der Waals surface area contributed by atoms with E-state index >= 15 is 0 Å². The summed E-state index contributed by atoms with van der Waals surface area (Å²) in [6, 6.07) is 10.5. The molecule has 3 rings (SSSR count). The predicted octanol–water partition coefficient (Wildman–Crippen LogP) is 3.86. The lowest BCUT2D eigenvalue weighted by Gasteiger charge is -2.06. The molecule has 7 heteroatoms. The maximum Gasteiger partial charge on any atom is 0.250 e. The number of nitrogens with zero attached hydrogens (tertiary/aromatic N) is 2. The Morgan fingerprint density at radius 2 is 2.18 bits per heavy atom. The van der Waals surface area contributed by atoms with Crippen molar-refractivity contribution in [2.24, 2.45) is 0 Å². The predicted molar refractivity (Wildman–Crippen MR) is 112 cm³/mol. The van der Waals surface area contributed by atoms with Crippen LogP contribution in [0.2, 0.25) is 0 Å². The van der Waals surface area contributed by atoms with Gasteiger partial charge in [-0.1, -0.05) is 12.1 Å². The lowest BCUT2D eigenvalue weighted by Crippen LogP contribution is -2.19. The summed E-state index contributed by atoms with van der Waals surface area (Å²) in [6.07, 6.45) is 4.79. The Morgan fingerprint density at radius 3 is 2.93 bits per heavy atom. The van der Waals surface area contributed by atoms with Gasteiger partial charge in [-0.15, -0.1) is 11.3 Å².